The molecule has 3 heterocycles. The Morgan fingerprint density at radius 1 is 1.28 bits per heavy atom. The van der Waals surface area contributed by atoms with Gasteiger partial charge in [-0.15, -0.1) is 0 Å². The van der Waals surface area contributed by atoms with Gasteiger partial charge in [0.25, 0.3) is 5.91 Å². The van der Waals surface area contributed by atoms with Crippen molar-refractivity contribution < 1.29 is 22.5 Å². The van der Waals surface area contributed by atoms with Crippen LogP contribution in [0.5, 0.6) is 0 Å². The van der Waals surface area contributed by atoms with Gasteiger partial charge in [-0.05, 0) is 25.7 Å². The van der Waals surface area contributed by atoms with E-state index in [0.717, 1.165) is 19.0 Å². The molecule has 134 valence electrons. The van der Waals surface area contributed by atoms with E-state index in [2.05, 4.69) is 15.1 Å². The van der Waals surface area contributed by atoms with Gasteiger partial charge < -0.3 is 14.4 Å². The van der Waals surface area contributed by atoms with Gasteiger partial charge in [-0.1, -0.05) is 5.16 Å². The van der Waals surface area contributed by atoms with Gasteiger partial charge in [0.2, 0.25) is 0 Å². The van der Waals surface area contributed by atoms with Crippen LogP contribution in [-0.4, -0.2) is 39.0 Å². The minimum atomic E-state index is -4.45. The molecule has 0 bridgehead atoms. The van der Waals surface area contributed by atoms with E-state index in [1.165, 1.54) is 6.26 Å². The average Bonchev–Trinajstić information content (AvgIpc) is 3.12. The number of hydrogen-bond donors (Lipinski definition) is 1. The number of likely N-dealkylation sites (tertiary alicyclic amines) is 1. The number of aromatic amines is 1. The molecule has 0 aromatic carbocycles. The highest BCUT2D eigenvalue weighted by atomic mass is 19.4. The fourth-order valence-electron chi connectivity index (χ4n) is 3.30. The summed E-state index contributed by atoms with van der Waals surface area (Å²) in [4.78, 5) is 20.7. The monoisotopic (exact) mass is 354 g/mol. The zero-order valence-corrected chi connectivity index (χ0v) is 13.3. The molecule has 2 fully saturated rings. The third-order valence-electron chi connectivity index (χ3n) is 4.79. The molecule has 0 spiro atoms. The van der Waals surface area contributed by atoms with Gasteiger partial charge in [-0.2, -0.15) is 13.2 Å². The topological polar surface area (TPSA) is 75.0 Å². The highest BCUT2D eigenvalue weighted by Gasteiger charge is 2.36. The number of alkyl halides is 3. The number of nitrogens with zero attached hydrogens (tertiary/aromatic N) is 3. The number of amides is 1. The van der Waals surface area contributed by atoms with Crippen LogP contribution in [0.1, 0.15) is 65.1 Å². The molecule has 1 saturated heterocycles. The maximum atomic E-state index is 12.8. The maximum Gasteiger partial charge on any atom is 0.432 e. The van der Waals surface area contributed by atoms with E-state index in [0.29, 0.717) is 37.2 Å². The lowest BCUT2D eigenvalue weighted by molar-refractivity contribution is -0.141. The number of rotatable bonds is 3. The van der Waals surface area contributed by atoms with E-state index in [1.54, 1.807) is 4.90 Å². The number of H-pyrrole nitrogens is 1. The predicted octanol–water partition coefficient (Wildman–Crippen LogP) is 3.31. The standard InChI is InChI=1S/C16H17F3N4O2/c17-16(18,19)12-6-20-14(21-12)10-2-1-5-23(7-10)15(24)11-8-25-22-13(11)9-3-4-9/h6,8-10H,1-5,7H2,(H,20,21)/t10-/m0/s1. The summed E-state index contributed by atoms with van der Waals surface area (Å²) in [6, 6.07) is 0. The average molecular weight is 354 g/mol. The molecule has 0 radical (unpaired) electrons. The fourth-order valence-corrected chi connectivity index (χ4v) is 3.30. The van der Waals surface area contributed by atoms with E-state index < -0.39 is 11.9 Å². The highest BCUT2D eigenvalue weighted by molar-refractivity contribution is 5.95. The largest absolute Gasteiger partial charge is 0.432 e. The first-order valence-electron chi connectivity index (χ1n) is 8.29. The van der Waals surface area contributed by atoms with Crippen LogP contribution in [0.25, 0.3) is 0 Å². The van der Waals surface area contributed by atoms with Crippen LogP contribution in [0, 0.1) is 0 Å². The van der Waals surface area contributed by atoms with Crippen LogP contribution in [-0.2, 0) is 6.18 Å². The minimum absolute atomic E-state index is 0.171. The molecular formula is C16H17F3N4O2. The molecule has 6 nitrogen and oxygen atoms in total. The van der Waals surface area contributed by atoms with Crippen LogP contribution in [0.2, 0.25) is 0 Å². The van der Waals surface area contributed by atoms with E-state index in [9.17, 15) is 18.0 Å². The second-order valence-corrected chi connectivity index (χ2v) is 6.66. The summed E-state index contributed by atoms with van der Waals surface area (Å²) < 4.78 is 43.2. The van der Waals surface area contributed by atoms with Crippen molar-refractivity contribution in [1.29, 1.82) is 0 Å². The minimum Gasteiger partial charge on any atom is -0.364 e. The third kappa shape index (κ3) is 3.14. The van der Waals surface area contributed by atoms with E-state index in [4.69, 9.17) is 4.52 Å². The Labute approximate surface area is 141 Å². The summed E-state index contributed by atoms with van der Waals surface area (Å²) in [6.45, 7) is 0.899. The van der Waals surface area contributed by atoms with Gasteiger partial charge in [0.15, 0.2) is 0 Å². The summed E-state index contributed by atoms with van der Waals surface area (Å²) in [5, 5.41) is 3.94. The molecule has 2 aromatic rings. The normalized spacial score (nSPS) is 21.6. The van der Waals surface area contributed by atoms with Gasteiger partial charge in [-0.25, -0.2) is 4.98 Å². The van der Waals surface area contributed by atoms with E-state index in [-0.39, 0.29) is 23.6 Å². The Morgan fingerprint density at radius 3 is 2.76 bits per heavy atom. The van der Waals surface area contributed by atoms with Gasteiger partial charge in [0, 0.05) is 24.9 Å². The van der Waals surface area contributed by atoms with Crippen molar-refractivity contribution in [3.63, 3.8) is 0 Å². The molecule has 1 saturated carbocycles. The van der Waals surface area contributed by atoms with E-state index >= 15 is 0 Å². The molecule has 1 atom stereocenters. The van der Waals surface area contributed by atoms with Gasteiger partial charge in [-0.3, -0.25) is 4.79 Å². The summed E-state index contributed by atoms with van der Waals surface area (Å²) in [6.07, 6.45) is 1.13. The zero-order chi connectivity index (χ0) is 17.6. The number of hydrogen-bond acceptors (Lipinski definition) is 4. The van der Waals surface area contributed by atoms with Gasteiger partial charge in [0.05, 0.1) is 11.9 Å². The van der Waals surface area contributed by atoms with Crippen molar-refractivity contribution in [3.05, 3.63) is 35.2 Å². The summed E-state index contributed by atoms with van der Waals surface area (Å²) in [5.74, 6) is 0.156. The lowest BCUT2D eigenvalue weighted by Gasteiger charge is -2.31. The SMILES string of the molecule is O=C(c1conc1C1CC1)N1CCC[C@H](c2ncc(C(F)(F)F)[nH]2)C1. The van der Waals surface area contributed by atoms with Crippen LogP contribution in [0.3, 0.4) is 0 Å². The number of aromatic nitrogens is 3. The Bertz CT molecular complexity index is 778. The second kappa shape index (κ2) is 5.89. The first kappa shape index (κ1) is 16.2. The molecule has 1 N–H and O–H groups in total. The maximum absolute atomic E-state index is 12.8. The number of imidazole rings is 1. The number of piperidine rings is 1. The number of halogens is 3. The van der Waals surface area contributed by atoms with Crippen molar-refractivity contribution in [2.75, 3.05) is 13.1 Å². The molecule has 1 aliphatic heterocycles. The van der Waals surface area contributed by atoms with Crippen LogP contribution in [0.15, 0.2) is 17.0 Å². The number of nitrogens with one attached hydrogen (secondary N) is 1. The molecule has 1 amide bonds. The van der Waals surface area contributed by atoms with E-state index in [1.807, 2.05) is 0 Å². The summed E-state index contributed by atoms with van der Waals surface area (Å²) in [7, 11) is 0. The van der Waals surface area contributed by atoms with Gasteiger partial charge >= 0.3 is 6.18 Å². The molecule has 2 aliphatic rings. The quantitative estimate of drug-likeness (QED) is 0.918. The first-order chi connectivity index (χ1) is 11.9. The lowest BCUT2D eigenvalue weighted by atomic mass is 9.96. The van der Waals surface area contributed by atoms with Crippen molar-refractivity contribution in [2.45, 2.75) is 43.7 Å². The molecule has 25 heavy (non-hydrogen) atoms. The lowest BCUT2D eigenvalue weighted by Crippen LogP contribution is -2.39. The first-order valence-corrected chi connectivity index (χ1v) is 8.29. The predicted molar refractivity (Wildman–Crippen MR) is 79.9 cm³/mol. The summed E-state index contributed by atoms with van der Waals surface area (Å²) in [5.41, 5.74) is 0.309. The van der Waals surface area contributed by atoms with Gasteiger partial charge in [0.1, 0.15) is 23.3 Å². The van der Waals surface area contributed by atoms with Crippen LogP contribution < -0.4 is 0 Å². The third-order valence-corrected chi connectivity index (χ3v) is 4.79. The Morgan fingerprint density at radius 2 is 2.08 bits per heavy atom. The Kier molecular flexibility index (Phi) is 3.81. The molecule has 2 aromatic heterocycles. The number of carbonyl (C=O) groups excluding carboxylic acids is 1. The number of carbonyl (C=O) groups is 1. The fraction of sp³-hybridized carbons (Fsp3) is 0.562. The van der Waals surface area contributed by atoms with Crippen molar-refractivity contribution >= 4 is 5.91 Å². The Hall–Kier alpha value is -2.32. The second-order valence-electron chi connectivity index (χ2n) is 6.66. The molecule has 1 aliphatic carbocycles. The smallest absolute Gasteiger partial charge is 0.364 e. The molecule has 4 rings (SSSR count). The summed E-state index contributed by atoms with van der Waals surface area (Å²) >= 11 is 0. The van der Waals surface area contributed by atoms with Crippen molar-refractivity contribution in [2.24, 2.45) is 0 Å². The van der Waals surface area contributed by atoms with Crippen LogP contribution in [0.4, 0.5) is 13.2 Å². The zero-order valence-electron chi connectivity index (χ0n) is 13.3. The molecule has 9 heteroatoms. The highest BCUT2D eigenvalue weighted by Crippen LogP contribution is 2.41. The van der Waals surface area contributed by atoms with Crippen molar-refractivity contribution in [3.8, 4) is 0 Å². The molecule has 0 unspecified atom stereocenters. The van der Waals surface area contributed by atoms with Crippen molar-refractivity contribution in [1.82, 2.24) is 20.0 Å². The molecular weight excluding hydrogens is 337 g/mol. The van der Waals surface area contributed by atoms with Crippen LogP contribution >= 0.6 is 0 Å². The Balaban J connectivity index is 1.50.